The summed E-state index contributed by atoms with van der Waals surface area (Å²) in [5, 5.41) is -0.601. The molecular weight excluding hydrogens is 560 g/mol. The van der Waals surface area contributed by atoms with E-state index in [1.165, 1.54) is 13.8 Å². The molecule has 1 N–H and O–H groups in total. The van der Waals surface area contributed by atoms with E-state index in [9.17, 15) is 44.3 Å². The Bertz CT molecular complexity index is 1160. The van der Waals surface area contributed by atoms with E-state index in [4.69, 9.17) is 4.74 Å². The molecule has 1 saturated heterocycles. The van der Waals surface area contributed by atoms with Crippen molar-refractivity contribution in [1.82, 2.24) is 14.5 Å². The highest BCUT2D eigenvalue weighted by atomic mass is 32.2. The second-order valence-electron chi connectivity index (χ2n) is 10.0. The Morgan fingerprint density at radius 1 is 1.03 bits per heavy atom. The molecule has 1 aliphatic heterocycles. The number of ether oxygens (including phenoxy) is 2. The Balaban J connectivity index is 1.63. The van der Waals surface area contributed by atoms with Crippen LogP contribution in [0.4, 0.5) is 31.1 Å². The summed E-state index contributed by atoms with van der Waals surface area (Å²) in [6, 6.07) is 5.15. The van der Waals surface area contributed by atoms with Crippen molar-refractivity contribution in [2.45, 2.75) is 69.5 Å². The molecule has 1 aromatic rings. The molecule has 0 atom stereocenters. The number of carbonyl (C=O) groups is 2. The van der Waals surface area contributed by atoms with Gasteiger partial charge in [-0.3, -0.25) is 9.69 Å². The summed E-state index contributed by atoms with van der Waals surface area (Å²) in [5.41, 5.74) is -0.190. The Morgan fingerprint density at radius 3 is 2.10 bits per heavy atom. The molecule has 2 fully saturated rings. The first-order chi connectivity index (χ1) is 17.8. The third kappa shape index (κ3) is 8.13. The number of alkyl halides is 6. The number of hydrogen-bond acceptors (Lipinski definition) is 7. The van der Waals surface area contributed by atoms with Crippen LogP contribution >= 0.6 is 0 Å². The summed E-state index contributed by atoms with van der Waals surface area (Å²) in [6.45, 7) is 4.66. The smallest absolute Gasteiger partial charge is 0.434 e. The Kier molecular flexibility index (Phi) is 8.70. The minimum absolute atomic E-state index is 0.106. The number of carbonyl (C=O) groups excluding carboxylic acids is 2. The third-order valence-electron chi connectivity index (χ3n) is 6.17. The van der Waals surface area contributed by atoms with Gasteiger partial charge in [0.2, 0.25) is 10.0 Å². The van der Waals surface area contributed by atoms with E-state index < -0.39 is 51.3 Å². The number of hydrogen-bond donors (Lipinski definition) is 1. The summed E-state index contributed by atoms with van der Waals surface area (Å²) < 4.78 is 112. The molecule has 0 radical (unpaired) electrons. The zero-order valence-electron chi connectivity index (χ0n) is 21.4. The number of sulfonamides is 1. The summed E-state index contributed by atoms with van der Waals surface area (Å²) in [4.78, 5) is 27.2. The number of halogens is 6. The average molecular weight is 590 g/mol. The SMILES string of the molecule is Cc1ccc(CN2CCN(C(=O)OC(C(F)(F)F)C(F)(F)F)CC2)c(OC(C)(C)C(=O)NS(=O)(=O)C2CC2)c1. The van der Waals surface area contributed by atoms with Crippen LogP contribution in [0.2, 0.25) is 0 Å². The highest BCUT2D eigenvalue weighted by Gasteiger charge is 2.60. The number of nitrogens with zero attached hydrogens (tertiary/aromatic N) is 2. The van der Waals surface area contributed by atoms with Crippen LogP contribution in [0.3, 0.4) is 0 Å². The normalized spacial score (nSPS) is 17.7. The van der Waals surface area contributed by atoms with Crippen molar-refractivity contribution in [3.63, 3.8) is 0 Å². The van der Waals surface area contributed by atoms with Gasteiger partial charge in [-0.2, -0.15) is 26.3 Å². The maximum atomic E-state index is 12.7. The summed E-state index contributed by atoms with van der Waals surface area (Å²) in [5.74, 6) is -0.552. The molecule has 1 heterocycles. The second-order valence-corrected chi connectivity index (χ2v) is 12.0. The molecular formula is C23H29F6N3O6S. The second kappa shape index (κ2) is 11.0. The predicted molar refractivity (Wildman–Crippen MR) is 125 cm³/mol. The third-order valence-corrected chi connectivity index (χ3v) is 7.99. The molecule has 2 aliphatic rings. The van der Waals surface area contributed by atoms with Crippen LogP contribution in [0.1, 0.15) is 37.8 Å². The minimum atomic E-state index is -5.80. The molecule has 3 rings (SSSR count). The standard InChI is InChI=1S/C23H29F6N3O6S/c1-14-4-5-15(17(12-14)38-21(2,3)19(33)30-39(35,36)16-6-7-16)13-31-8-10-32(11-9-31)20(34)37-18(22(24,25)26)23(27,28)29/h4-5,12,16,18H,6-11,13H2,1-3H3,(H,30,33). The summed E-state index contributed by atoms with van der Waals surface area (Å²) >= 11 is 0. The average Bonchev–Trinajstić information content (AvgIpc) is 3.64. The van der Waals surface area contributed by atoms with Crippen molar-refractivity contribution in [2.75, 3.05) is 26.2 Å². The minimum Gasteiger partial charge on any atom is -0.478 e. The topological polar surface area (TPSA) is 105 Å². The number of aryl methyl sites for hydroxylation is 1. The number of amides is 2. The molecule has 39 heavy (non-hydrogen) atoms. The van der Waals surface area contributed by atoms with Gasteiger partial charge in [0.15, 0.2) is 5.60 Å². The van der Waals surface area contributed by atoms with Crippen molar-refractivity contribution in [2.24, 2.45) is 0 Å². The van der Waals surface area contributed by atoms with Gasteiger partial charge < -0.3 is 14.4 Å². The van der Waals surface area contributed by atoms with Crippen LogP contribution in [-0.2, 0) is 26.1 Å². The van der Waals surface area contributed by atoms with Crippen molar-refractivity contribution in [3.8, 4) is 5.75 Å². The molecule has 0 bridgehead atoms. The zero-order chi connectivity index (χ0) is 29.4. The van der Waals surface area contributed by atoms with Gasteiger partial charge in [-0.15, -0.1) is 0 Å². The van der Waals surface area contributed by atoms with Crippen LogP contribution in [0.25, 0.3) is 0 Å². The van der Waals surface area contributed by atoms with Crippen LogP contribution in [0.15, 0.2) is 18.2 Å². The van der Waals surface area contributed by atoms with Gasteiger partial charge in [-0.05, 0) is 45.2 Å². The molecule has 0 spiro atoms. The molecule has 16 heteroatoms. The maximum Gasteiger partial charge on any atom is 0.434 e. The lowest BCUT2D eigenvalue weighted by atomic mass is 10.1. The largest absolute Gasteiger partial charge is 0.478 e. The van der Waals surface area contributed by atoms with Gasteiger partial charge in [0.05, 0.1) is 5.25 Å². The van der Waals surface area contributed by atoms with Crippen molar-refractivity contribution >= 4 is 22.0 Å². The van der Waals surface area contributed by atoms with Gasteiger partial charge in [-0.25, -0.2) is 17.9 Å². The molecule has 1 aromatic carbocycles. The van der Waals surface area contributed by atoms with Crippen LogP contribution in [-0.4, -0.2) is 85.7 Å². The Morgan fingerprint density at radius 2 is 1.59 bits per heavy atom. The number of benzene rings is 1. The van der Waals surface area contributed by atoms with Gasteiger partial charge in [0.25, 0.3) is 12.0 Å². The highest BCUT2D eigenvalue weighted by Crippen LogP contribution is 2.36. The zero-order valence-corrected chi connectivity index (χ0v) is 22.2. The molecule has 1 saturated carbocycles. The van der Waals surface area contributed by atoms with E-state index in [1.54, 1.807) is 30.0 Å². The summed E-state index contributed by atoms with van der Waals surface area (Å²) in [7, 11) is -3.79. The quantitative estimate of drug-likeness (QED) is 0.463. The van der Waals surface area contributed by atoms with Crippen LogP contribution < -0.4 is 9.46 Å². The number of piperazine rings is 1. The van der Waals surface area contributed by atoms with Gasteiger partial charge in [0.1, 0.15) is 5.75 Å². The monoisotopic (exact) mass is 589 g/mol. The molecule has 220 valence electrons. The number of rotatable bonds is 8. The van der Waals surface area contributed by atoms with E-state index in [0.29, 0.717) is 24.2 Å². The first kappa shape index (κ1) is 30.8. The lowest BCUT2D eigenvalue weighted by Gasteiger charge is -2.35. The highest BCUT2D eigenvalue weighted by molar-refractivity contribution is 7.90. The fourth-order valence-electron chi connectivity index (χ4n) is 3.75. The molecule has 0 aromatic heterocycles. The first-order valence-corrected chi connectivity index (χ1v) is 13.5. The van der Waals surface area contributed by atoms with E-state index >= 15 is 0 Å². The van der Waals surface area contributed by atoms with Crippen molar-refractivity contribution in [3.05, 3.63) is 29.3 Å². The van der Waals surface area contributed by atoms with E-state index in [-0.39, 0.29) is 32.7 Å². The van der Waals surface area contributed by atoms with E-state index in [0.717, 1.165) is 10.5 Å². The van der Waals surface area contributed by atoms with E-state index in [1.807, 2.05) is 4.72 Å². The Hall–Kier alpha value is -2.75. The Labute approximate surface area is 221 Å². The molecule has 1 aliphatic carbocycles. The van der Waals surface area contributed by atoms with Gasteiger partial charge in [0, 0.05) is 38.3 Å². The van der Waals surface area contributed by atoms with Crippen molar-refractivity contribution < 1.29 is 53.8 Å². The summed E-state index contributed by atoms with van der Waals surface area (Å²) in [6.07, 6.45) is -16.6. The van der Waals surface area contributed by atoms with Gasteiger partial charge in [-0.1, -0.05) is 12.1 Å². The lowest BCUT2D eigenvalue weighted by Crippen LogP contribution is -2.52. The number of nitrogens with one attached hydrogen (secondary N) is 1. The lowest BCUT2D eigenvalue weighted by molar-refractivity contribution is -0.308. The van der Waals surface area contributed by atoms with Gasteiger partial charge >= 0.3 is 18.4 Å². The first-order valence-electron chi connectivity index (χ1n) is 12.0. The molecule has 0 unspecified atom stereocenters. The van der Waals surface area contributed by atoms with Crippen LogP contribution in [0.5, 0.6) is 5.75 Å². The maximum absolute atomic E-state index is 12.7. The van der Waals surface area contributed by atoms with E-state index in [2.05, 4.69) is 4.74 Å². The van der Waals surface area contributed by atoms with Crippen molar-refractivity contribution in [1.29, 1.82) is 0 Å². The fraction of sp³-hybridized carbons (Fsp3) is 0.652. The molecule has 2 amide bonds. The van der Waals surface area contributed by atoms with Crippen LogP contribution in [0, 0.1) is 6.92 Å². The fourth-order valence-corrected chi connectivity index (χ4v) is 5.17. The molecule has 9 nitrogen and oxygen atoms in total. The predicted octanol–water partition coefficient (Wildman–Crippen LogP) is 3.51.